The number of hydrogen-bond donors (Lipinski definition) is 1. The van der Waals surface area contributed by atoms with Crippen LogP contribution in [0.4, 0.5) is 0 Å². The molecule has 0 aliphatic rings. The molecule has 1 rings (SSSR count). The molecule has 0 aliphatic heterocycles. The molecule has 0 saturated heterocycles. The van der Waals surface area contributed by atoms with Crippen molar-refractivity contribution in [3.05, 3.63) is 18.0 Å². The summed E-state index contributed by atoms with van der Waals surface area (Å²) in [6.07, 6.45) is 5.21. The summed E-state index contributed by atoms with van der Waals surface area (Å²) in [4.78, 5) is 0. The zero-order chi connectivity index (χ0) is 11.8. The third kappa shape index (κ3) is 4.77. The SMILES string of the molecule is CCOCCCC(Cc1ccn(C)n1)NC. The molecule has 92 valence electrons. The van der Waals surface area contributed by atoms with Crippen molar-refractivity contribution in [2.75, 3.05) is 20.3 Å². The molecular weight excluding hydrogens is 202 g/mol. The molecule has 4 heteroatoms. The predicted octanol–water partition coefficient (Wildman–Crippen LogP) is 1.37. The van der Waals surface area contributed by atoms with Crippen molar-refractivity contribution < 1.29 is 4.74 Å². The van der Waals surface area contributed by atoms with Gasteiger partial charge in [-0.15, -0.1) is 0 Å². The van der Waals surface area contributed by atoms with E-state index in [-0.39, 0.29) is 0 Å². The van der Waals surface area contributed by atoms with Crippen molar-refractivity contribution in [1.82, 2.24) is 15.1 Å². The number of likely N-dealkylation sites (N-methyl/N-ethyl adjacent to an activating group) is 1. The van der Waals surface area contributed by atoms with Crippen molar-refractivity contribution in [2.45, 2.75) is 32.2 Å². The summed E-state index contributed by atoms with van der Waals surface area (Å²) in [5.41, 5.74) is 1.15. The van der Waals surface area contributed by atoms with Crippen LogP contribution in [0.1, 0.15) is 25.5 Å². The van der Waals surface area contributed by atoms with Crippen LogP contribution >= 0.6 is 0 Å². The van der Waals surface area contributed by atoms with Crippen molar-refractivity contribution in [3.8, 4) is 0 Å². The second-order valence-corrected chi connectivity index (χ2v) is 4.01. The Morgan fingerprint density at radius 1 is 1.56 bits per heavy atom. The van der Waals surface area contributed by atoms with Gasteiger partial charge in [0.25, 0.3) is 0 Å². The fourth-order valence-electron chi connectivity index (χ4n) is 1.75. The lowest BCUT2D eigenvalue weighted by atomic mass is 10.1. The minimum atomic E-state index is 0.496. The highest BCUT2D eigenvalue weighted by atomic mass is 16.5. The summed E-state index contributed by atoms with van der Waals surface area (Å²) in [6.45, 7) is 3.70. The molecule has 0 radical (unpaired) electrons. The average molecular weight is 225 g/mol. The molecule has 0 bridgehead atoms. The van der Waals surface area contributed by atoms with E-state index in [0.29, 0.717) is 6.04 Å². The van der Waals surface area contributed by atoms with Gasteiger partial charge in [0, 0.05) is 38.9 Å². The van der Waals surface area contributed by atoms with Crippen molar-refractivity contribution in [3.63, 3.8) is 0 Å². The van der Waals surface area contributed by atoms with E-state index in [2.05, 4.69) is 16.5 Å². The van der Waals surface area contributed by atoms with E-state index in [1.165, 1.54) is 0 Å². The minimum absolute atomic E-state index is 0.496. The van der Waals surface area contributed by atoms with Crippen LogP contribution in [0.5, 0.6) is 0 Å². The molecule has 1 aromatic rings. The van der Waals surface area contributed by atoms with E-state index >= 15 is 0 Å². The van der Waals surface area contributed by atoms with Crippen LogP contribution in [0.3, 0.4) is 0 Å². The Morgan fingerprint density at radius 2 is 2.38 bits per heavy atom. The molecule has 0 spiro atoms. The average Bonchev–Trinajstić information content (AvgIpc) is 2.68. The van der Waals surface area contributed by atoms with Crippen LogP contribution in [0.25, 0.3) is 0 Å². The molecule has 1 atom stereocenters. The van der Waals surface area contributed by atoms with Crippen LogP contribution in [0, 0.1) is 0 Å². The first kappa shape index (κ1) is 13.2. The number of aryl methyl sites for hydroxylation is 1. The molecule has 0 fully saturated rings. The molecule has 0 aliphatic carbocycles. The van der Waals surface area contributed by atoms with Crippen LogP contribution in [0.2, 0.25) is 0 Å². The quantitative estimate of drug-likeness (QED) is 0.679. The molecule has 1 aromatic heterocycles. The molecule has 0 saturated carbocycles. The third-order valence-corrected chi connectivity index (χ3v) is 2.68. The molecule has 1 N–H and O–H groups in total. The summed E-state index contributed by atoms with van der Waals surface area (Å²) in [5, 5.41) is 7.72. The molecule has 1 unspecified atom stereocenters. The van der Waals surface area contributed by atoms with Crippen molar-refractivity contribution in [2.24, 2.45) is 7.05 Å². The van der Waals surface area contributed by atoms with Crippen molar-refractivity contribution in [1.29, 1.82) is 0 Å². The highest BCUT2D eigenvalue weighted by Gasteiger charge is 2.08. The highest BCUT2D eigenvalue weighted by Crippen LogP contribution is 2.05. The lowest BCUT2D eigenvalue weighted by Gasteiger charge is -2.14. The highest BCUT2D eigenvalue weighted by molar-refractivity contribution is 5.01. The Morgan fingerprint density at radius 3 is 2.94 bits per heavy atom. The minimum Gasteiger partial charge on any atom is -0.382 e. The van der Waals surface area contributed by atoms with Gasteiger partial charge in [0.05, 0.1) is 5.69 Å². The van der Waals surface area contributed by atoms with Crippen molar-refractivity contribution >= 4 is 0 Å². The van der Waals surface area contributed by atoms with Crippen LogP contribution in [-0.4, -0.2) is 36.1 Å². The Hall–Kier alpha value is -0.870. The zero-order valence-corrected chi connectivity index (χ0v) is 10.6. The summed E-state index contributed by atoms with van der Waals surface area (Å²) in [7, 11) is 3.96. The van der Waals surface area contributed by atoms with Gasteiger partial charge in [-0.05, 0) is 32.9 Å². The molecular formula is C12H23N3O. The Kier molecular flexibility index (Phi) is 6.11. The number of hydrogen-bond acceptors (Lipinski definition) is 3. The first-order chi connectivity index (χ1) is 7.76. The number of nitrogens with one attached hydrogen (secondary N) is 1. The number of aromatic nitrogens is 2. The Balaban J connectivity index is 2.26. The number of nitrogens with zero attached hydrogens (tertiary/aromatic N) is 2. The normalized spacial score (nSPS) is 12.9. The van der Waals surface area contributed by atoms with Crippen LogP contribution < -0.4 is 5.32 Å². The third-order valence-electron chi connectivity index (χ3n) is 2.68. The summed E-state index contributed by atoms with van der Waals surface area (Å²) < 4.78 is 7.18. The van der Waals surface area contributed by atoms with Gasteiger partial charge < -0.3 is 10.1 Å². The van der Waals surface area contributed by atoms with Gasteiger partial charge in [0.15, 0.2) is 0 Å². The van der Waals surface area contributed by atoms with Crippen LogP contribution in [-0.2, 0) is 18.2 Å². The number of rotatable bonds is 8. The van der Waals surface area contributed by atoms with Gasteiger partial charge in [-0.1, -0.05) is 0 Å². The molecule has 0 aromatic carbocycles. The summed E-state index contributed by atoms with van der Waals surface area (Å²) in [5.74, 6) is 0. The maximum atomic E-state index is 5.34. The van der Waals surface area contributed by atoms with Gasteiger partial charge in [0.2, 0.25) is 0 Å². The van der Waals surface area contributed by atoms with Gasteiger partial charge in [-0.2, -0.15) is 5.10 Å². The van der Waals surface area contributed by atoms with Gasteiger partial charge in [0.1, 0.15) is 0 Å². The van der Waals surface area contributed by atoms with E-state index < -0.39 is 0 Å². The summed E-state index contributed by atoms with van der Waals surface area (Å²) >= 11 is 0. The second-order valence-electron chi connectivity index (χ2n) is 4.01. The van der Waals surface area contributed by atoms with E-state index in [4.69, 9.17) is 4.74 Å². The topological polar surface area (TPSA) is 39.1 Å². The zero-order valence-electron chi connectivity index (χ0n) is 10.6. The van der Waals surface area contributed by atoms with E-state index in [1.807, 2.05) is 31.9 Å². The van der Waals surface area contributed by atoms with Gasteiger partial charge in [-0.3, -0.25) is 4.68 Å². The van der Waals surface area contributed by atoms with E-state index in [1.54, 1.807) is 0 Å². The molecule has 0 amide bonds. The van der Waals surface area contributed by atoms with E-state index in [9.17, 15) is 0 Å². The monoisotopic (exact) mass is 225 g/mol. The lowest BCUT2D eigenvalue weighted by Crippen LogP contribution is -2.28. The van der Waals surface area contributed by atoms with E-state index in [0.717, 1.165) is 38.2 Å². The molecule has 4 nitrogen and oxygen atoms in total. The predicted molar refractivity (Wildman–Crippen MR) is 65.5 cm³/mol. The fraction of sp³-hybridized carbons (Fsp3) is 0.750. The second kappa shape index (κ2) is 7.41. The molecule has 16 heavy (non-hydrogen) atoms. The van der Waals surface area contributed by atoms with Crippen LogP contribution in [0.15, 0.2) is 12.3 Å². The van der Waals surface area contributed by atoms with Gasteiger partial charge in [-0.25, -0.2) is 0 Å². The standard InChI is InChI=1S/C12H23N3O/c1-4-16-9-5-6-11(13-2)10-12-7-8-15(3)14-12/h7-8,11,13H,4-6,9-10H2,1-3H3. The summed E-state index contributed by atoms with van der Waals surface area (Å²) in [6, 6.07) is 2.57. The Labute approximate surface area is 98.0 Å². The fourth-order valence-corrected chi connectivity index (χ4v) is 1.75. The smallest absolute Gasteiger partial charge is 0.0639 e. The van der Waals surface area contributed by atoms with Gasteiger partial charge >= 0.3 is 0 Å². The number of ether oxygens (including phenoxy) is 1. The largest absolute Gasteiger partial charge is 0.382 e. The Bertz CT molecular complexity index is 286. The maximum Gasteiger partial charge on any atom is 0.0639 e. The molecule has 1 heterocycles. The lowest BCUT2D eigenvalue weighted by molar-refractivity contribution is 0.141. The maximum absolute atomic E-state index is 5.34. The first-order valence-electron chi connectivity index (χ1n) is 5.99. The first-order valence-corrected chi connectivity index (χ1v) is 5.99.